The molecule has 1 aliphatic heterocycles. The van der Waals surface area contributed by atoms with Crippen molar-refractivity contribution in [2.24, 2.45) is 5.92 Å². The van der Waals surface area contributed by atoms with E-state index in [9.17, 15) is 4.79 Å². The van der Waals surface area contributed by atoms with E-state index in [0.29, 0.717) is 10.9 Å². The van der Waals surface area contributed by atoms with Gasteiger partial charge in [0.25, 0.3) is 0 Å². The molecule has 1 aromatic carbocycles. The molecular formula is C15H21ClN2O. The average molecular weight is 281 g/mol. The molecule has 1 N–H and O–H groups in total. The highest BCUT2D eigenvalue weighted by Gasteiger charge is 2.32. The second-order valence-corrected chi connectivity index (χ2v) is 5.81. The number of nitrogens with zero attached hydrogens (tertiary/aromatic N) is 1. The van der Waals surface area contributed by atoms with Crippen LogP contribution in [0.4, 0.5) is 0 Å². The lowest BCUT2D eigenvalue weighted by molar-refractivity contribution is -0.134. The topological polar surface area (TPSA) is 32.3 Å². The zero-order valence-corrected chi connectivity index (χ0v) is 12.4. The lowest BCUT2D eigenvalue weighted by Crippen LogP contribution is -2.45. The molecule has 3 atom stereocenters. The summed E-state index contributed by atoms with van der Waals surface area (Å²) in [5.74, 6) is 0.569. The Hall–Kier alpha value is -1.06. The zero-order valence-electron chi connectivity index (χ0n) is 11.7. The number of halogens is 1. The molecule has 0 aromatic heterocycles. The maximum absolute atomic E-state index is 12.5. The van der Waals surface area contributed by atoms with Gasteiger partial charge in [0.2, 0.25) is 5.91 Å². The molecule has 1 saturated heterocycles. The third-order valence-electron chi connectivity index (χ3n) is 4.06. The van der Waals surface area contributed by atoms with Crippen molar-refractivity contribution in [2.75, 3.05) is 13.6 Å². The maximum atomic E-state index is 12.5. The van der Waals surface area contributed by atoms with Gasteiger partial charge in [-0.25, -0.2) is 0 Å². The summed E-state index contributed by atoms with van der Waals surface area (Å²) in [5.41, 5.74) is 1.06. The highest BCUT2D eigenvalue weighted by molar-refractivity contribution is 6.30. The van der Waals surface area contributed by atoms with Crippen LogP contribution in [0.25, 0.3) is 0 Å². The van der Waals surface area contributed by atoms with Crippen LogP contribution in [0.1, 0.15) is 31.9 Å². The Bertz CT molecular complexity index is 463. The number of likely N-dealkylation sites (N-methyl/N-ethyl adjacent to an activating group) is 1. The van der Waals surface area contributed by atoms with Crippen LogP contribution in [0.15, 0.2) is 24.3 Å². The molecule has 3 unspecified atom stereocenters. The highest BCUT2D eigenvalue weighted by atomic mass is 35.5. The Morgan fingerprint density at radius 3 is 2.84 bits per heavy atom. The zero-order chi connectivity index (χ0) is 14.0. The predicted octanol–water partition coefficient (Wildman–Crippen LogP) is 2.86. The van der Waals surface area contributed by atoms with Crippen LogP contribution in [0, 0.1) is 5.92 Å². The summed E-state index contributed by atoms with van der Waals surface area (Å²) >= 11 is 6.01. The number of amides is 1. The minimum Gasteiger partial charge on any atom is -0.338 e. The Morgan fingerprint density at radius 1 is 1.53 bits per heavy atom. The SMILES string of the molecule is CC1CCNC1C(=O)N(C)C(C)c1cccc(Cl)c1. The van der Waals surface area contributed by atoms with Crippen LogP contribution in [-0.4, -0.2) is 30.4 Å². The summed E-state index contributed by atoms with van der Waals surface area (Å²) < 4.78 is 0. The van der Waals surface area contributed by atoms with E-state index in [1.54, 1.807) is 0 Å². The quantitative estimate of drug-likeness (QED) is 0.923. The van der Waals surface area contributed by atoms with Crippen molar-refractivity contribution in [3.05, 3.63) is 34.9 Å². The summed E-state index contributed by atoms with van der Waals surface area (Å²) in [4.78, 5) is 14.3. The summed E-state index contributed by atoms with van der Waals surface area (Å²) in [7, 11) is 1.86. The van der Waals surface area contributed by atoms with Gasteiger partial charge in [-0.15, -0.1) is 0 Å². The highest BCUT2D eigenvalue weighted by Crippen LogP contribution is 2.24. The van der Waals surface area contributed by atoms with Gasteiger partial charge in [-0.2, -0.15) is 0 Å². The number of rotatable bonds is 3. The standard InChI is InChI=1S/C15H21ClN2O/c1-10-7-8-17-14(10)15(19)18(3)11(2)12-5-4-6-13(16)9-12/h4-6,9-11,14,17H,7-8H2,1-3H3. The van der Waals surface area contributed by atoms with E-state index in [4.69, 9.17) is 11.6 Å². The molecule has 1 amide bonds. The van der Waals surface area contributed by atoms with E-state index in [1.807, 2.05) is 43.1 Å². The lowest BCUT2D eigenvalue weighted by atomic mass is 10.0. The van der Waals surface area contributed by atoms with Crippen molar-refractivity contribution in [3.8, 4) is 0 Å². The first-order valence-electron chi connectivity index (χ1n) is 6.76. The second-order valence-electron chi connectivity index (χ2n) is 5.38. The monoisotopic (exact) mass is 280 g/mol. The van der Waals surface area contributed by atoms with Gasteiger partial charge in [0, 0.05) is 12.1 Å². The molecule has 0 bridgehead atoms. The van der Waals surface area contributed by atoms with Crippen molar-refractivity contribution in [2.45, 2.75) is 32.4 Å². The lowest BCUT2D eigenvalue weighted by Gasteiger charge is -2.29. The van der Waals surface area contributed by atoms with Gasteiger partial charge in [-0.05, 0) is 43.5 Å². The molecule has 0 aliphatic carbocycles. The first-order valence-corrected chi connectivity index (χ1v) is 7.14. The van der Waals surface area contributed by atoms with Gasteiger partial charge in [0.05, 0.1) is 12.1 Å². The molecule has 0 saturated carbocycles. The van der Waals surface area contributed by atoms with Gasteiger partial charge in [-0.3, -0.25) is 4.79 Å². The predicted molar refractivity (Wildman–Crippen MR) is 78.2 cm³/mol. The second kappa shape index (κ2) is 5.93. The molecule has 4 heteroatoms. The molecule has 0 spiro atoms. The van der Waals surface area contributed by atoms with Crippen molar-refractivity contribution < 1.29 is 4.79 Å². The summed E-state index contributed by atoms with van der Waals surface area (Å²) in [6.07, 6.45) is 1.07. The van der Waals surface area contributed by atoms with Gasteiger partial charge < -0.3 is 10.2 Å². The minimum atomic E-state index is -0.0494. The van der Waals surface area contributed by atoms with E-state index in [-0.39, 0.29) is 18.0 Å². The molecule has 19 heavy (non-hydrogen) atoms. The Balaban J connectivity index is 2.10. The van der Waals surface area contributed by atoms with Crippen LogP contribution in [0.5, 0.6) is 0 Å². The van der Waals surface area contributed by atoms with Crippen molar-refractivity contribution in [1.29, 1.82) is 0 Å². The Morgan fingerprint density at radius 2 is 2.26 bits per heavy atom. The molecule has 104 valence electrons. The third kappa shape index (κ3) is 3.10. The Kier molecular flexibility index (Phi) is 4.48. The molecular weight excluding hydrogens is 260 g/mol. The normalized spacial score (nSPS) is 24.2. The molecule has 0 radical (unpaired) electrons. The fourth-order valence-corrected chi connectivity index (χ4v) is 2.76. The van der Waals surface area contributed by atoms with Crippen LogP contribution in [0.2, 0.25) is 5.02 Å². The number of carbonyl (C=O) groups excluding carboxylic acids is 1. The summed E-state index contributed by atoms with van der Waals surface area (Å²) in [6.45, 7) is 5.08. The fraction of sp³-hybridized carbons (Fsp3) is 0.533. The first kappa shape index (κ1) is 14.4. The van der Waals surface area contributed by atoms with E-state index < -0.39 is 0 Å². The molecule has 2 rings (SSSR count). The van der Waals surface area contributed by atoms with Crippen molar-refractivity contribution in [3.63, 3.8) is 0 Å². The first-order chi connectivity index (χ1) is 9.00. The van der Waals surface area contributed by atoms with E-state index in [0.717, 1.165) is 18.5 Å². The summed E-state index contributed by atoms with van der Waals surface area (Å²) in [6, 6.07) is 7.67. The number of hydrogen-bond acceptors (Lipinski definition) is 2. The van der Waals surface area contributed by atoms with Crippen LogP contribution in [0.3, 0.4) is 0 Å². The van der Waals surface area contributed by atoms with Gasteiger partial charge in [0.15, 0.2) is 0 Å². The smallest absolute Gasteiger partial charge is 0.240 e. The number of nitrogens with one attached hydrogen (secondary N) is 1. The number of carbonyl (C=O) groups is 1. The van der Waals surface area contributed by atoms with Crippen molar-refractivity contribution in [1.82, 2.24) is 10.2 Å². The third-order valence-corrected chi connectivity index (χ3v) is 4.29. The van der Waals surface area contributed by atoms with E-state index >= 15 is 0 Å². The van der Waals surface area contributed by atoms with E-state index in [1.165, 1.54) is 0 Å². The minimum absolute atomic E-state index is 0.0285. The van der Waals surface area contributed by atoms with Gasteiger partial charge in [0.1, 0.15) is 0 Å². The average Bonchev–Trinajstić information content (AvgIpc) is 2.82. The molecule has 1 aliphatic rings. The van der Waals surface area contributed by atoms with Crippen molar-refractivity contribution >= 4 is 17.5 Å². The number of benzene rings is 1. The molecule has 3 nitrogen and oxygen atoms in total. The molecule has 1 heterocycles. The fourth-order valence-electron chi connectivity index (χ4n) is 2.57. The largest absolute Gasteiger partial charge is 0.338 e. The van der Waals surface area contributed by atoms with Gasteiger partial charge in [-0.1, -0.05) is 30.7 Å². The molecule has 1 aromatic rings. The maximum Gasteiger partial charge on any atom is 0.240 e. The number of hydrogen-bond donors (Lipinski definition) is 1. The van der Waals surface area contributed by atoms with Crippen LogP contribution < -0.4 is 5.32 Å². The Labute approximate surface area is 119 Å². The summed E-state index contributed by atoms with van der Waals surface area (Å²) in [5, 5.41) is 3.99. The van der Waals surface area contributed by atoms with Crippen LogP contribution in [-0.2, 0) is 4.79 Å². The van der Waals surface area contributed by atoms with E-state index in [2.05, 4.69) is 12.2 Å². The van der Waals surface area contributed by atoms with Gasteiger partial charge >= 0.3 is 0 Å². The molecule has 1 fully saturated rings. The van der Waals surface area contributed by atoms with Crippen LogP contribution >= 0.6 is 11.6 Å².